The van der Waals surface area contributed by atoms with Crippen molar-refractivity contribution in [2.24, 2.45) is 11.1 Å². The lowest BCUT2D eigenvalue weighted by atomic mass is 9.84. The Balaban J connectivity index is 3.12. The molecule has 0 aliphatic rings. The second-order valence-corrected chi connectivity index (χ2v) is 4.79. The molecule has 1 heterocycles. The van der Waals surface area contributed by atoms with Crippen molar-refractivity contribution in [2.45, 2.75) is 27.2 Å². The first-order valence-corrected chi connectivity index (χ1v) is 5.80. The fraction of sp³-hybridized carbons (Fsp3) is 0.500. The molecule has 3 heteroatoms. The summed E-state index contributed by atoms with van der Waals surface area (Å²) in [6.45, 7) is 10.5. The number of aryl methyl sites for hydroxylation is 1. The van der Waals surface area contributed by atoms with E-state index in [9.17, 15) is 0 Å². The van der Waals surface area contributed by atoms with Gasteiger partial charge in [0.15, 0.2) is 0 Å². The number of nitrogens with two attached hydrogens (primary N) is 1. The van der Waals surface area contributed by atoms with Gasteiger partial charge in [0, 0.05) is 41.4 Å². The van der Waals surface area contributed by atoms with Crippen LogP contribution in [0.2, 0.25) is 0 Å². The van der Waals surface area contributed by atoms with Crippen molar-refractivity contribution in [3.8, 4) is 5.75 Å². The Labute approximate surface area is 104 Å². The third kappa shape index (κ3) is 2.86. The number of hydrogen-bond acceptors (Lipinski definition) is 3. The highest BCUT2D eigenvalue weighted by Crippen LogP contribution is 2.29. The van der Waals surface area contributed by atoms with Gasteiger partial charge in [-0.1, -0.05) is 13.0 Å². The molecule has 0 amide bonds. The highest BCUT2D eigenvalue weighted by Gasteiger charge is 2.22. The van der Waals surface area contributed by atoms with E-state index in [4.69, 9.17) is 10.5 Å². The molecular formula is C14H22N2O. The molecule has 1 unspecified atom stereocenters. The van der Waals surface area contributed by atoms with Gasteiger partial charge >= 0.3 is 0 Å². The zero-order valence-electron chi connectivity index (χ0n) is 11.2. The molecule has 17 heavy (non-hydrogen) atoms. The summed E-state index contributed by atoms with van der Waals surface area (Å²) in [6.07, 6.45) is 4.54. The summed E-state index contributed by atoms with van der Waals surface area (Å²) >= 11 is 0. The molecular weight excluding hydrogens is 212 g/mol. The minimum Gasteiger partial charge on any atom is -0.496 e. The molecule has 3 nitrogen and oxygen atoms in total. The Morgan fingerprint density at radius 2 is 2.18 bits per heavy atom. The number of nitrogens with zero attached hydrogens (tertiary/aromatic N) is 1. The number of aromatic nitrogens is 1. The molecule has 0 spiro atoms. The van der Waals surface area contributed by atoms with Crippen molar-refractivity contribution in [3.63, 3.8) is 0 Å². The van der Waals surface area contributed by atoms with Crippen LogP contribution in [0.3, 0.4) is 0 Å². The molecule has 1 aromatic rings. The average molecular weight is 234 g/mol. The SMILES string of the molecule is C=CC(C)(CN)Cc1ncc(C)c(OC)c1C. The maximum atomic E-state index is 5.79. The van der Waals surface area contributed by atoms with Crippen LogP contribution in [0.15, 0.2) is 18.9 Å². The first-order valence-electron chi connectivity index (χ1n) is 5.80. The van der Waals surface area contributed by atoms with Crippen molar-refractivity contribution < 1.29 is 4.74 Å². The molecule has 0 aliphatic carbocycles. The third-order valence-corrected chi connectivity index (χ3v) is 3.28. The predicted molar refractivity (Wildman–Crippen MR) is 71.3 cm³/mol. The highest BCUT2D eigenvalue weighted by molar-refractivity contribution is 5.41. The Kier molecular flexibility index (Phi) is 4.29. The summed E-state index contributed by atoms with van der Waals surface area (Å²) in [5.74, 6) is 0.915. The molecule has 0 saturated carbocycles. The Morgan fingerprint density at radius 1 is 1.53 bits per heavy atom. The van der Waals surface area contributed by atoms with Crippen LogP contribution in [0.5, 0.6) is 5.75 Å². The van der Waals surface area contributed by atoms with Crippen LogP contribution in [0.4, 0.5) is 0 Å². The molecule has 0 fully saturated rings. The lowest BCUT2D eigenvalue weighted by Crippen LogP contribution is -2.28. The van der Waals surface area contributed by atoms with Gasteiger partial charge < -0.3 is 10.5 Å². The minimum absolute atomic E-state index is 0.113. The lowest BCUT2D eigenvalue weighted by molar-refractivity contribution is 0.401. The van der Waals surface area contributed by atoms with Gasteiger partial charge in [0.1, 0.15) is 5.75 Å². The first kappa shape index (κ1) is 13.7. The monoisotopic (exact) mass is 234 g/mol. The summed E-state index contributed by atoms with van der Waals surface area (Å²) in [6, 6.07) is 0. The molecule has 1 rings (SSSR count). The van der Waals surface area contributed by atoms with Crippen LogP contribution >= 0.6 is 0 Å². The molecule has 0 aliphatic heterocycles. The van der Waals surface area contributed by atoms with Crippen molar-refractivity contribution in [2.75, 3.05) is 13.7 Å². The largest absolute Gasteiger partial charge is 0.496 e. The van der Waals surface area contributed by atoms with Crippen molar-refractivity contribution in [1.29, 1.82) is 0 Å². The van der Waals surface area contributed by atoms with E-state index >= 15 is 0 Å². The molecule has 0 bridgehead atoms. The maximum absolute atomic E-state index is 5.79. The van der Waals surface area contributed by atoms with Gasteiger partial charge in [-0.05, 0) is 13.8 Å². The quantitative estimate of drug-likeness (QED) is 0.796. The second-order valence-electron chi connectivity index (χ2n) is 4.79. The molecule has 94 valence electrons. The van der Waals surface area contributed by atoms with E-state index in [1.807, 2.05) is 26.1 Å². The summed E-state index contributed by atoms with van der Waals surface area (Å²) in [4.78, 5) is 4.48. The van der Waals surface area contributed by atoms with E-state index in [0.29, 0.717) is 6.54 Å². The molecule has 0 aromatic carbocycles. The maximum Gasteiger partial charge on any atom is 0.128 e. The van der Waals surface area contributed by atoms with E-state index in [1.165, 1.54) is 0 Å². The topological polar surface area (TPSA) is 48.1 Å². The van der Waals surface area contributed by atoms with Gasteiger partial charge in [0.2, 0.25) is 0 Å². The van der Waals surface area contributed by atoms with Gasteiger partial charge in [-0.25, -0.2) is 0 Å². The summed E-state index contributed by atoms with van der Waals surface area (Å²) in [7, 11) is 1.69. The number of ether oxygens (including phenoxy) is 1. The van der Waals surface area contributed by atoms with Crippen molar-refractivity contribution >= 4 is 0 Å². The predicted octanol–water partition coefficient (Wildman–Crippen LogP) is 2.40. The molecule has 1 aromatic heterocycles. The van der Waals surface area contributed by atoms with E-state index in [1.54, 1.807) is 7.11 Å². The normalized spacial score (nSPS) is 14.2. The number of pyridine rings is 1. The summed E-state index contributed by atoms with van der Waals surface area (Å²) < 4.78 is 5.40. The lowest BCUT2D eigenvalue weighted by Gasteiger charge is -2.24. The summed E-state index contributed by atoms with van der Waals surface area (Å²) in [5.41, 5.74) is 8.85. The third-order valence-electron chi connectivity index (χ3n) is 3.28. The first-order chi connectivity index (χ1) is 7.97. The van der Waals surface area contributed by atoms with E-state index in [-0.39, 0.29) is 5.41 Å². The molecule has 1 atom stereocenters. The zero-order chi connectivity index (χ0) is 13.1. The Hall–Kier alpha value is -1.35. The van der Waals surface area contributed by atoms with Crippen molar-refractivity contribution in [1.82, 2.24) is 4.98 Å². The van der Waals surface area contributed by atoms with Gasteiger partial charge in [0.05, 0.1) is 7.11 Å². The van der Waals surface area contributed by atoms with Crippen LogP contribution in [0.1, 0.15) is 23.7 Å². The molecule has 2 N–H and O–H groups in total. The fourth-order valence-corrected chi connectivity index (χ4v) is 1.86. The van der Waals surface area contributed by atoms with Crippen LogP contribution in [-0.2, 0) is 6.42 Å². The van der Waals surface area contributed by atoms with E-state index in [2.05, 4.69) is 18.5 Å². The standard InChI is InChI=1S/C14H22N2O/c1-6-14(4,9-15)7-12-11(3)13(17-5)10(2)8-16-12/h6,8H,1,7,9,15H2,2-5H3. The summed E-state index contributed by atoms with van der Waals surface area (Å²) in [5, 5.41) is 0. The van der Waals surface area contributed by atoms with Crippen molar-refractivity contribution in [3.05, 3.63) is 35.7 Å². The van der Waals surface area contributed by atoms with Crippen LogP contribution in [0, 0.1) is 19.3 Å². The fourth-order valence-electron chi connectivity index (χ4n) is 1.86. The van der Waals surface area contributed by atoms with Gasteiger partial charge in [-0.15, -0.1) is 6.58 Å². The van der Waals surface area contributed by atoms with Crippen LogP contribution in [-0.4, -0.2) is 18.6 Å². The number of hydrogen-bond donors (Lipinski definition) is 1. The smallest absolute Gasteiger partial charge is 0.128 e. The van der Waals surface area contributed by atoms with E-state index in [0.717, 1.165) is 29.0 Å². The Bertz CT molecular complexity index is 415. The average Bonchev–Trinajstić information content (AvgIpc) is 2.33. The van der Waals surface area contributed by atoms with Gasteiger partial charge in [0.25, 0.3) is 0 Å². The molecule has 0 saturated heterocycles. The Morgan fingerprint density at radius 3 is 2.65 bits per heavy atom. The van der Waals surface area contributed by atoms with E-state index < -0.39 is 0 Å². The minimum atomic E-state index is -0.113. The molecule has 0 radical (unpaired) electrons. The second kappa shape index (κ2) is 5.32. The number of methoxy groups -OCH3 is 1. The van der Waals surface area contributed by atoms with Crippen LogP contribution in [0.25, 0.3) is 0 Å². The highest BCUT2D eigenvalue weighted by atomic mass is 16.5. The number of rotatable bonds is 5. The van der Waals surface area contributed by atoms with Crippen LogP contribution < -0.4 is 10.5 Å². The van der Waals surface area contributed by atoms with Gasteiger partial charge in [-0.3, -0.25) is 4.98 Å². The van der Waals surface area contributed by atoms with Gasteiger partial charge in [-0.2, -0.15) is 0 Å². The zero-order valence-corrected chi connectivity index (χ0v) is 11.2.